The van der Waals surface area contributed by atoms with Gasteiger partial charge in [0.05, 0.1) is 18.4 Å². The van der Waals surface area contributed by atoms with Crippen LogP contribution in [0.4, 0.5) is 0 Å². The number of benzene rings is 1. The molecule has 1 aromatic carbocycles. The lowest BCUT2D eigenvalue weighted by Gasteiger charge is -2.06. The summed E-state index contributed by atoms with van der Waals surface area (Å²) in [6.45, 7) is -0.218. The predicted molar refractivity (Wildman–Crippen MR) is 67.6 cm³/mol. The number of rotatable bonds is 6. The molecule has 96 valence electrons. The predicted octanol–water partition coefficient (Wildman–Crippen LogP) is 0.498. The molecule has 0 bridgehead atoms. The molecule has 7 heteroatoms. The van der Waals surface area contributed by atoms with Gasteiger partial charge in [-0.2, -0.15) is 4.68 Å². The normalized spacial score (nSPS) is 12.6. The van der Waals surface area contributed by atoms with Gasteiger partial charge in [-0.3, -0.25) is 0 Å². The Kier molecular flexibility index (Phi) is 4.68. The van der Waals surface area contributed by atoms with Gasteiger partial charge in [0.25, 0.3) is 0 Å². The molecule has 0 radical (unpaired) electrons. The number of thioether (sulfide) groups is 1. The van der Waals surface area contributed by atoms with Crippen LogP contribution in [-0.2, 0) is 0 Å². The second kappa shape index (κ2) is 6.48. The van der Waals surface area contributed by atoms with Gasteiger partial charge >= 0.3 is 0 Å². The summed E-state index contributed by atoms with van der Waals surface area (Å²) in [6.07, 6.45) is -0.179. The summed E-state index contributed by atoms with van der Waals surface area (Å²) in [6, 6.07) is 9.60. The molecule has 0 unspecified atom stereocenters. The average Bonchev–Trinajstić information content (AvgIpc) is 2.88. The minimum absolute atomic E-state index is 0.218. The number of para-hydroxylation sites is 1. The molecule has 1 atom stereocenters. The largest absolute Gasteiger partial charge is 0.394 e. The van der Waals surface area contributed by atoms with E-state index in [0.717, 1.165) is 5.69 Å². The first kappa shape index (κ1) is 13.0. The van der Waals surface area contributed by atoms with Crippen molar-refractivity contribution >= 4 is 11.8 Å². The van der Waals surface area contributed by atoms with E-state index in [0.29, 0.717) is 17.3 Å². The molecule has 0 aliphatic carbocycles. The van der Waals surface area contributed by atoms with Crippen molar-refractivity contribution in [2.45, 2.75) is 17.7 Å². The lowest BCUT2D eigenvalue weighted by molar-refractivity contribution is 0.0932. The number of nitrogens with zero attached hydrogens (tertiary/aromatic N) is 4. The van der Waals surface area contributed by atoms with Crippen LogP contribution >= 0.6 is 11.8 Å². The molecule has 0 fully saturated rings. The second-order valence-electron chi connectivity index (χ2n) is 3.68. The number of hydrogen-bond acceptors (Lipinski definition) is 6. The first-order valence-corrected chi connectivity index (χ1v) is 6.55. The zero-order valence-corrected chi connectivity index (χ0v) is 10.5. The molecule has 2 rings (SSSR count). The minimum Gasteiger partial charge on any atom is -0.394 e. The topological polar surface area (TPSA) is 84.1 Å². The smallest absolute Gasteiger partial charge is 0.214 e. The maximum absolute atomic E-state index is 9.25. The van der Waals surface area contributed by atoms with Gasteiger partial charge in [-0.25, -0.2) is 0 Å². The molecule has 6 nitrogen and oxygen atoms in total. The first-order chi connectivity index (χ1) is 8.81. The maximum atomic E-state index is 9.25. The Labute approximate surface area is 109 Å². The van der Waals surface area contributed by atoms with E-state index in [1.807, 2.05) is 30.3 Å². The summed E-state index contributed by atoms with van der Waals surface area (Å²) < 4.78 is 1.65. The quantitative estimate of drug-likeness (QED) is 0.741. The highest BCUT2D eigenvalue weighted by molar-refractivity contribution is 7.99. The van der Waals surface area contributed by atoms with Gasteiger partial charge in [0.15, 0.2) is 0 Å². The van der Waals surface area contributed by atoms with Crippen molar-refractivity contribution in [3.8, 4) is 5.69 Å². The third-order valence-electron chi connectivity index (χ3n) is 2.33. The van der Waals surface area contributed by atoms with E-state index in [9.17, 15) is 5.11 Å². The highest BCUT2D eigenvalue weighted by Gasteiger charge is 2.09. The fourth-order valence-electron chi connectivity index (χ4n) is 1.38. The highest BCUT2D eigenvalue weighted by atomic mass is 32.2. The van der Waals surface area contributed by atoms with E-state index in [-0.39, 0.29) is 6.61 Å². The summed E-state index contributed by atoms with van der Waals surface area (Å²) >= 11 is 1.45. The Morgan fingerprint density at radius 1 is 1.28 bits per heavy atom. The zero-order valence-electron chi connectivity index (χ0n) is 9.68. The van der Waals surface area contributed by atoms with Crippen LogP contribution in [0.2, 0.25) is 0 Å². The van der Waals surface area contributed by atoms with E-state index < -0.39 is 6.10 Å². The van der Waals surface area contributed by atoms with Crippen LogP contribution in [0.5, 0.6) is 0 Å². The van der Waals surface area contributed by atoms with Crippen molar-refractivity contribution in [2.24, 2.45) is 0 Å². The third-order valence-corrected chi connectivity index (χ3v) is 3.29. The Bertz CT molecular complexity index is 477. The number of aromatic nitrogens is 4. The van der Waals surface area contributed by atoms with Gasteiger partial charge in [-0.15, -0.1) is 5.10 Å². The van der Waals surface area contributed by atoms with Gasteiger partial charge in [-0.1, -0.05) is 30.0 Å². The van der Waals surface area contributed by atoms with Crippen LogP contribution in [-0.4, -0.2) is 48.9 Å². The first-order valence-electron chi connectivity index (χ1n) is 5.57. The summed E-state index contributed by atoms with van der Waals surface area (Å²) in [7, 11) is 0. The molecule has 1 heterocycles. The lowest BCUT2D eigenvalue weighted by Crippen LogP contribution is -2.12. The average molecular weight is 266 g/mol. The van der Waals surface area contributed by atoms with Crippen molar-refractivity contribution < 1.29 is 10.2 Å². The van der Waals surface area contributed by atoms with Gasteiger partial charge in [0, 0.05) is 5.75 Å². The standard InChI is InChI=1S/C11H14N4O2S/c16-8-10(17)6-7-18-11-12-13-14-15(11)9-4-2-1-3-5-9/h1-5,10,16-17H,6-8H2/t10-/m0/s1. The van der Waals surface area contributed by atoms with Crippen molar-refractivity contribution in [2.75, 3.05) is 12.4 Å². The van der Waals surface area contributed by atoms with Crippen LogP contribution in [0.3, 0.4) is 0 Å². The van der Waals surface area contributed by atoms with Crippen LogP contribution < -0.4 is 0 Å². The van der Waals surface area contributed by atoms with Crippen LogP contribution in [0.1, 0.15) is 6.42 Å². The Hall–Kier alpha value is -1.44. The molecule has 0 saturated heterocycles. The van der Waals surface area contributed by atoms with Gasteiger partial charge in [0.1, 0.15) is 0 Å². The van der Waals surface area contributed by atoms with E-state index in [4.69, 9.17) is 5.11 Å². The number of hydrogen-bond donors (Lipinski definition) is 2. The molecule has 18 heavy (non-hydrogen) atoms. The van der Waals surface area contributed by atoms with E-state index in [1.165, 1.54) is 11.8 Å². The Morgan fingerprint density at radius 3 is 2.78 bits per heavy atom. The van der Waals surface area contributed by atoms with Crippen LogP contribution in [0.15, 0.2) is 35.5 Å². The molecular formula is C11H14N4O2S. The number of aliphatic hydroxyl groups is 2. The summed E-state index contributed by atoms with van der Waals surface area (Å²) in [5, 5.41) is 30.2. The molecule has 0 amide bonds. The van der Waals surface area contributed by atoms with Gasteiger partial charge < -0.3 is 10.2 Å². The SMILES string of the molecule is OC[C@@H](O)CCSc1nnnn1-c1ccccc1. The Balaban J connectivity index is 2.00. The minimum atomic E-state index is -0.682. The molecule has 0 spiro atoms. The Morgan fingerprint density at radius 2 is 2.06 bits per heavy atom. The summed E-state index contributed by atoms with van der Waals surface area (Å²) in [5.41, 5.74) is 0.896. The zero-order chi connectivity index (χ0) is 12.8. The van der Waals surface area contributed by atoms with Gasteiger partial charge in [0.2, 0.25) is 5.16 Å². The van der Waals surface area contributed by atoms with Crippen LogP contribution in [0, 0.1) is 0 Å². The summed E-state index contributed by atoms with van der Waals surface area (Å²) in [5.74, 6) is 0.648. The van der Waals surface area contributed by atoms with Gasteiger partial charge in [-0.05, 0) is 29.0 Å². The van der Waals surface area contributed by atoms with Crippen molar-refractivity contribution in [1.29, 1.82) is 0 Å². The fourth-order valence-corrected chi connectivity index (χ4v) is 2.31. The van der Waals surface area contributed by atoms with Crippen LogP contribution in [0.25, 0.3) is 5.69 Å². The molecule has 1 aromatic heterocycles. The van der Waals surface area contributed by atoms with E-state index in [1.54, 1.807) is 4.68 Å². The molecule has 0 aliphatic heterocycles. The fraction of sp³-hybridized carbons (Fsp3) is 0.364. The molecule has 0 saturated carbocycles. The maximum Gasteiger partial charge on any atom is 0.214 e. The highest BCUT2D eigenvalue weighted by Crippen LogP contribution is 2.18. The van der Waals surface area contributed by atoms with E-state index >= 15 is 0 Å². The molecule has 2 aromatic rings. The van der Waals surface area contributed by atoms with Crippen molar-refractivity contribution in [3.63, 3.8) is 0 Å². The molecule has 2 N–H and O–H groups in total. The second-order valence-corrected chi connectivity index (χ2v) is 4.74. The van der Waals surface area contributed by atoms with E-state index in [2.05, 4.69) is 15.5 Å². The monoisotopic (exact) mass is 266 g/mol. The third kappa shape index (κ3) is 3.28. The summed E-state index contributed by atoms with van der Waals surface area (Å²) in [4.78, 5) is 0. The number of tetrazole rings is 1. The molecular weight excluding hydrogens is 252 g/mol. The van der Waals surface area contributed by atoms with Crippen molar-refractivity contribution in [1.82, 2.24) is 20.2 Å². The number of aliphatic hydroxyl groups excluding tert-OH is 2. The van der Waals surface area contributed by atoms with Crippen molar-refractivity contribution in [3.05, 3.63) is 30.3 Å². The molecule has 0 aliphatic rings. The lowest BCUT2D eigenvalue weighted by atomic mass is 10.3.